The molecular weight excluding hydrogens is 214 g/mol. The topological polar surface area (TPSA) is 46.9 Å². The summed E-state index contributed by atoms with van der Waals surface area (Å²) in [6, 6.07) is 5.56. The van der Waals surface area contributed by atoms with Gasteiger partial charge < -0.3 is 5.32 Å². The molecule has 4 nitrogen and oxygen atoms in total. The Morgan fingerprint density at radius 1 is 1.35 bits per heavy atom. The van der Waals surface area contributed by atoms with Gasteiger partial charge in [0.05, 0.1) is 5.52 Å². The van der Waals surface area contributed by atoms with Crippen LogP contribution in [0.5, 0.6) is 0 Å². The minimum atomic E-state index is -0.226. The van der Waals surface area contributed by atoms with E-state index >= 15 is 0 Å². The first kappa shape index (κ1) is 11.6. The number of hydrogen-bond acceptors (Lipinski definition) is 2. The summed E-state index contributed by atoms with van der Waals surface area (Å²) in [6.07, 6.45) is 1.93. The van der Waals surface area contributed by atoms with Crippen molar-refractivity contribution in [3.8, 4) is 0 Å². The lowest BCUT2D eigenvalue weighted by Gasteiger charge is -2.20. The van der Waals surface area contributed by atoms with Crippen LogP contribution in [0.4, 0.5) is 0 Å². The van der Waals surface area contributed by atoms with Crippen LogP contribution in [0.25, 0.3) is 10.9 Å². The number of fused-ring (bicyclic) bond motifs is 1. The summed E-state index contributed by atoms with van der Waals surface area (Å²) in [6.45, 7) is 5.89. The highest BCUT2D eigenvalue weighted by atomic mass is 16.1. The van der Waals surface area contributed by atoms with Crippen LogP contribution in [0.3, 0.4) is 0 Å². The van der Waals surface area contributed by atoms with Gasteiger partial charge >= 0.3 is 0 Å². The van der Waals surface area contributed by atoms with Crippen LogP contribution >= 0.6 is 0 Å². The van der Waals surface area contributed by atoms with Crippen molar-refractivity contribution in [2.75, 3.05) is 0 Å². The van der Waals surface area contributed by atoms with Gasteiger partial charge in [0.1, 0.15) is 0 Å². The third-order valence-corrected chi connectivity index (χ3v) is 2.37. The first-order chi connectivity index (χ1) is 7.85. The van der Waals surface area contributed by atoms with E-state index in [1.807, 2.05) is 52.2 Å². The summed E-state index contributed by atoms with van der Waals surface area (Å²) in [4.78, 5) is 12.0. The molecule has 1 aromatic heterocycles. The fraction of sp³-hybridized carbons (Fsp3) is 0.385. The first-order valence-electron chi connectivity index (χ1n) is 5.61. The molecule has 0 aliphatic rings. The zero-order chi connectivity index (χ0) is 12.6. The minimum Gasteiger partial charge on any atom is -0.347 e. The standard InChI is InChI=1S/C13H17N3O/c1-13(2,3)14-12(17)9-5-6-10-8-16(4)15-11(10)7-9/h5-8H,1-4H3,(H,14,17). The van der Waals surface area contributed by atoms with Crippen molar-refractivity contribution in [1.82, 2.24) is 15.1 Å². The summed E-state index contributed by atoms with van der Waals surface area (Å²) in [7, 11) is 1.87. The van der Waals surface area contributed by atoms with E-state index in [0.717, 1.165) is 10.9 Å². The van der Waals surface area contributed by atoms with Gasteiger partial charge in [0, 0.05) is 29.7 Å². The van der Waals surface area contributed by atoms with Gasteiger partial charge in [-0.05, 0) is 32.9 Å². The van der Waals surface area contributed by atoms with Crippen molar-refractivity contribution in [2.24, 2.45) is 7.05 Å². The molecule has 0 unspecified atom stereocenters. The second-order valence-corrected chi connectivity index (χ2v) is 5.28. The molecule has 0 bridgehead atoms. The van der Waals surface area contributed by atoms with E-state index in [0.29, 0.717) is 5.56 Å². The van der Waals surface area contributed by atoms with E-state index < -0.39 is 0 Å². The quantitative estimate of drug-likeness (QED) is 0.817. The summed E-state index contributed by atoms with van der Waals surface area (Å²) in [5.41, 5.74) is 1.26. The van der Waals surface area contributed by atoms with Gasteiger partial charge in [-0.2, -0.15) is 5.10 Å². The molecule has 90 valence electrons. The van der Waals surface area contributed by atoms with Crippen LogP contribution in [-0.2, 0) is 7.05 Å². The van der Waals surface area contributed by atoms with Gasteiger partial charge in [0.2, 0.25) is 0 Å². The van der Waals surface area contributed by atoms with Crippen molar-refractivity contribution in [3.63, 3.8) is 0 Å². The molecule has 0 saturated carbocycles. The maximum Gasteiger partial charge on any atom is 0.251 e. The van der Waals surface area contributed by atoms with Crippen LogP contribution in [0, 0.1) is 0 Å². The highest BCUT2D eigenvalue weighted by Gasteiger charge is 2.15. The lowest BCUT2D eigenvalue weighted by atomic mass is 10.1. The molecule has 17 heavy (non-hydrogen) atoms. The van der Waals surface area contributed by atoms with Crippen molar-refractivity contribution < 1.29 is 4.79 Å². The normalized spacial score (nSPS) is 11.8. The largest absolute Gasteiger partial charge is 0.347 e. The van der Waals surface area contributed by atoms with E-state index in [2.05, 4.69) is 10.4 Å². The number of amides is 1. The van der Waals surface area contributed by atoms with Gasteiger partial charge in [-0.15, -0.1) is 0 Å². The number of benzene rings is 1. The second-order valence-electron chi connectivity index (χ2n) is 5.28. The van der Waals surface area contributed by atoms with E-state index in [1.165, 1.54) is 0 Å². The number of nitrogens with one attached hydrogen (secondary N) is 1. The van der Waals surface area contributed by atoms with Crippen molar-refractivity contribution in [3.05, 3.63) is 30.0 Å². The van der Waals surface area contributed by atoms with E-state index in [4.69, 9.17) is 0 Å². The molecule has 0 aliphatic heterocycles. The fourth-order valence-corrected chi connectivity index (χ4v) is 1.69. The number of carbonyl (C=O) groups excluding carboxylic acids is 1. The number of aromatic nitrogens is 2. The Balaban J connectivity index is 2.33. The number of carbonyl (C=O) groups is 1. The number of aryl methyl sites for hydroxylation is 1. The molecular formula is C13H17N3O. The van der Waals surface area contributed by atoms with Crippen molar-refractivity contribution in [1.29, 1.82) is 0 Å². The summed E-state index contributed by atoms with van der Waals surface area (Å²) in [5.74, 6) is -0.0648. The Morgan fingerprint density at radius 3 is 2.71 bits per heavy atom. The van der Waals surface area contributed by atoms with E-state index in [-0.39, 0.29) is 11.4 Å². The molecule has 2 rings (SSSR count). The molecule has 0 fully saturated rings. The lowest BCUT2D eigenvalue weighted by Crippen LogP contribution is -2.40. The van der Waals surface area contributed by atoms with Crippen molar-refractivity contribution in [2.45, 2.75) is 26.3 Å². The molecule has 2 aromatic rings. The smallest absolute Gasteiger partial charge is 0.251 e. The minimum absolute atomic E-state index is 0.0648. The molecule has 0 atom stereocenters. The Hall–Kier alpha value is -1.84. The van der Waals surface area contributed by atoms with E-state index in [9.17, 15) is 4.79 Å². The average Bonchev–Trinajstić information content (AvgIpc) is 2.53. The number of hydrogen-bond donors (Lipinski definition) is 1. The van der Waals surface area contributed by atoms with E-state index in [1.54, 1.807) is 4.68 Å². The van der Waals surface area contributed by atoms with Gasteiger partial charge in [0.25, 0.3) is 5.91 Å². The van der Waals surface area contributed by atoms with Crippen molar-refractivity contribution >= 4 is 16.8 Å². The van der Waals surface area contributed by atoms with Gasteiger partial charge in [0.15, 0.2) is 0 Å². The van der Waals surface area contributed by atoms with Crippen LogP contribution in [-0.4, -0.2) is 21.2 Å². The zero-order valence-electron chi connectivity index (χ0n) is 10.6. The van der Waals surface area contributed by atoms with Gasteiger partial charge in [-0.1, -0.05) is 6.07 Å². The Kier molecular flexibility index (Phi) is 2.65. The molecule has 1 amide bonds. The Labute approximate surface area is 101 Å². The molecule has 1 N–H and O–H groups in total. The first-order valence-corrected chi connectivity index (χ1v) is 5.61. The highest BCUT2D eigenvalue weighted by Crippen LogP contribution is 2.14. The van der Waals surface area contributed by atoms with Crippen LogP contribution in [0.2, 0.25) is 0 Å². The second kappa shape index (κ2) is 3.87. The Bertz CT molecular complexity index is 564. The third-order valence-electron chi connectivity index (χ3n) is 2.37. The maximum absolute atomic E-state index is 12.0. The summed E-state index contributed by atoms with van der Waals surface area (Å²) < 4.78 is 1.75. The molecule has 0 aliphatic carbocycles. The highest BCUT2D eigenvalue weighted by molar-refractivity contribution is 5.98. The summed E-state index contributed by atoms with van der Waals surface area (Å²) in [5, 5.41) is 8.26. The van der Waals surface area contributed by atoms with Crippen LogP contribution < -0.4 is 5.32 Å². The fourth-order valence-electron chi connectivity index (χ4n) is 1.69. The lowest BCUT2D eigenvalue weighted by molar-refractivity contribution is 0.0919. The van der Waals surface area contributed by atoms with Gasteiger partial charge in [-0.3, -0.25) is 9.48 Å². The molecule has 0 spiro atoms. The third kappa shape index (κ3) is 2.64. The number of rotatable bonds is 1. The summed E-state index contributed by atoms with van der Waals surface area (Å²) >= 11 is 0. The Morgan fingerprint density at radius 2 is 2.06 bits per heavy atom. The van der Waals surface area contributed by atoms with Crippen LogP contribution in [0.15, 0.2) is 24.4 Å². The molecule has 1 heterocycles. The number of nitrogens with zero attached hydrogens (tertiary/aromatic N) is 2. The monoisotopic (exact) mass is 231 g/mol. The molecule has 4 heteroatoms. The molecule has 0 saturated heterocycles. The SMILES string of the molecule is Cn1cc2ccc(C(=O)NC(C)(C)C)cc2n1. The predicted octanol–water partition coefficient (Wildman–Crippen LogP) is 2.10. The zero-order valence-corrected chi connectivity index (χ0v) is 10.6. The predicted molar refractivity (Wildman–Crippen MR) is 67.9 cm³/mol. The molecule has 1 aromatic carbocycles. The van der Waals surface area contributed by atoms with Crippen LogP contribution in [0.1, 0.15) is 31.1 Å². The maximum atomic E-state index is 12.0. The van der Waals surface area contributed by atoms with Gasteiger partial charge in [-0.25, -0.2) is 0 Å². The molecule has 0 radical (unpaired) electrons. The average molecular weight is 231 g/mol.